The van der Waals surface area contributed by atoms with Gasteiger partial charge in [-0.25, -0.2) is 0 Å². The molecule has 26 heavy (non-hydrogen) atoms. The van der Waals surface area contributed by atoms with E-state index in [4.69, 9.17) is 14.2 Å². The molecular formula is C15H14F3N3O4S. The zero-order valence-electron chi connectivity index (χ0n) is 13.9. The smallest absolute Gasteiger partial charge is 0.445 e. The maximum absolute atomic E-state index is 12.5. The highest BCUT2D eigenvalue weighted by atomic mass is 32.1. The average Bonchev–Trinajstić information content (AvgIpc) is 3.07. The van der Waals surface area contributed by atoms with Crippen molar-refractivity contribution in [3.05, 3.63) is 28.8 Å². The third-order valence-electron chi connectivity index (χ3n) is 3.01. The molecule has 0 aliphatic rings. The Morgan fingerprint density at radius 3 is 2.19 bits per heavy atom. The van der Waals surface area contributed by atoms with E-state index in [0.29, 0.717) is 22.8 Å². The van der Waals surface area contributed by atoms with Crippen LogP contribution in [-0.4, -0.2) is 37.4 Å². The molecular weight excluding hydrogens is 375 g/mol. The lowest BCUT2D eigenvalue weighted by molar-refractivity contribution is -0.138. The molecule has 2 rings (SSSR count). The van der Waals surface area contributed by atoms with Gasteiger partial charge in [-0.05, 0) is 23.8 Å². The molecule has 1 aromatic carbocycles. The van der Waals surface area contributed by atoms with E-state index in [9.17, 15) is 18.0 Å². The van der Waals surface area contributed by atoms with Gasteiger partial charge in [0.25, 0.3) is 0 Å². The Morgan fingerprint density at radius 2 is 1.73 bits per heavy atom. The number of ether oxygens (including phenoxy) is 3. The van der Waals surface area contributed by atoms with Crippen molar-refractivity contribution in [2.45, 2.75) is 6.18 Å². The molecule has 0 spiro atoms. The van der Waals surface area contributed by atoms with Crippen LogP contribution < -0.4 is 19.5 Å². The molecule has 0 aliphatic carbocycles. The van der Waals surface area contributed by atoms with Gasteiger partial charge in [0.15, 0.2) is 11.5 Å². The summed E-state index contributed by atoms with van der Waals surface area (Å²) in [6.07, 6.45) is -2.03. The van der Waals surface area contributed by atoms with E-state index in [1.165, 1.54) is 27.4 Å². The second-order valence-electron chi connectivity index (χ2n) is 4.69. The molecule has 140 valence electrons. The van der Waals surface area contributed by atoms with Crippen LogP contribution in [0.5, 0.6) is 17.2 Å². The molecule has 1 amide bonds. The first-order valence-corrected chi connectivity index (χ1v) is 7.80. The van der Waals surface area contributed by atoms with Crippen molar-refractivity contribution in [2.75, 3.05) is 26.6 Å². The number of aromatic nitrogens is 2. The molecule has 0 fully saturated rings. The Labute approximate surface area is 150 Å². The lowest BCUT2D eigenvalue weighted by atomic mass is 10.1. The molecule has 0 saturated carbocycles. The molecule has 0 saturated heterocycles. The van der Waals surface area contributed by atoms with Gasteiger partial charge in [0, 0.05) is 6.08 Å². The topological polar surface area (TPSA) is 82.6 Å². The largest absolute Gasteiger partial charge is 0.493 e. The highest BCUT2D eigenvalue weighted by Crippen LogP contribution is 2.38. The highest BCUT2D eigenvalue weighted by molar-refractivity contribution is 7.15. The first-order chi connectivity index (χ1) is 12.3. The minimum absolute atomic E-state index is 0.237. The van der Waals surface area contributed by atoms with Crippen molar-refractivity contribution in [2.24, 2.45) is 0 Å². The first kappa shape index (κ1) is 19.5. The molecule has 1 heterocycles. The van der Waals surface area contributed by atoms with Gasteiger partial charge in [-0.15, -0.1) is 10.2 Å². The SMILES string of the molecule is COc1cc(/C=C/C(=O)Nc2nnc(C(F)(F)F)s2)cc(OC)c1OC. The first-order valence-electron chi connectivity index (χ1n) is 6.98. The third-order valence-corrected chi connectivity index (χ3v) is 3.90. The third kappa shape index (κ3) is 4.63. The van der Waals surface area contributed by atoms with Gasteiger partial charge in [0.05, 0.1) is 21.3 Å². The Morgan fingerprint density at radius 1 is 1.12 bits per heavy atom. The molecule has 0 bridgehead atoms. The van der Waals surface area contributed by atoms with Crippen LogP contribution in [0, 0.1) is 0 Å². The number of carbonyl (C=O) groups excluding carboxylic acids is 1. The van der Waals surface area contributed by atoms with Crippen molar-refractivity contribution >= 4 is 28.5 Å². The minimum atomic E-state index is -4.60. The standard InChI is InChI=1S/C15H14F3N3O4S/c1-23-9-6-8(7-10(24-2)12(9)25-3)4-5-11(22)19-14-21-20-13(26-14)15(16,17)18/h4-7H,1-3H3,(H,19,21,22)/b5-4+. The maximum Gasteiger partial charge on any atom is 0.445 e. The molecule has 0 radical (unpaired) electrons. The number of alkyl halides is 3. The van der Waals surface area contributed by atoms with Gasteiger partial charge >= 0.3 is 6.18 Å². The molecule has 2 aromatic rings. The van der Waals surface area contributed by atoms with E-state index in [2.05, 4.69) is 15.5 Å². The molecule has 7 nitrogen and oxygen atoms in total. The van der Waals surface area contributed by atoms with Crippen LogP contribution in [0.25, 0.3) is 6.08 Å². The van der Waals surface area contributed by atoms with Crippen molar-refractivity contribution in [1.29, 1.82) is 0 Å². The number of hydrogen-bond donors (Lipinski definition) is 1. The fraction of sp³-hybridized carbons (Fsp3) is 0.267. The summed E-state index contributed by atoms with van der Waals surface area (Å²) in [4.78, 5) is 11.8. The zero-order valence-corrected chi connectivity index (χ0v) is 14.7. The quantitative estimate of drug-likeness (QED) is 0.764. The molecule has 1 N–H and O–H groups in total. The fourth-order valence-electron chi connectivity index (χ4n) is 1.90. The Balaban J connectivity index is 2.14. The summed E-state index contributed by atoms with van der Waals surface area (Å²) in [5.74, 6) is 0.519. The molecule has 11 heteroatoms. The van der Waals surface area contributed by atoms with Gasteiger partial charge in [-0.1, -0.05) is 11.3 Å². The van der Waals surface area contributed by atoms with E-state index < -0.39 is 17.1 Å². The molecule has 1 aromatic heterocycles. The number of nitrogens with zero attached hydrogens (tertiary/aromatic N) is 2. The van der Waals surface area contributed by atoms with Crippen LogP contribution in [0.15, 0.2) is 18.2 Å². The molecule has 0 atom stereocenters. The van der Waals surface area contributed by atoms with Crippen LogP contribution in [0.4, 0.5) is 18.3 Å². The van der Waals surface area contributed by atoms with Crippen molar-refractivity contribution in [3.63, 3.8) is 0 Å². The minimum Gasteiger partial charge on any atom is -0.493 e. The number of benzene rings is 1. The molecule has 0 unspecified atom stereocenters. The maximum atomic E-state index is 12.5. The lowest BCUT2D eigenvalue weighted by Gasteiger charge is -2.12. The zero-order chi connectivity index (χ0) is 19.3. The summed E-state index contributed by atoms with van der Waals surface area (Å²) in [6, 6.07) is 3.22. The van der Waals surface area contributed by atoms with Crippen LogP contribution in [0.1, 0.15) is 10.6 Å². The number of nitrogens with one attached hydrogen (secondary N) is 1. The predicted molar refractivity (Wildman–Crippen MR) is 88.7 cm³/mol. The van der Waals surface area contributed by atoms with Crippen LogP contribution in [0.3, 0.4) is 0 Å². The second kappa shape index (κ2) is 8.04. The number of methoxy groups -OCH3 is 3. The number of hydrogen-bond acceptors (Lipinski definition) is 7. The highest BCUT2D eigenvalue weighted by Gasteiger charge is 2.35. The summed E-state index contributed by atoms with van der Waals surface area (Å²) < 4.78 is 53.0. The number of halogens is 3. The summed E-state index contributed by atoms with van der Waals surface area (Å²) >= 11 is 0.237. The van der Waals surface area contributed by atoms with Crippen molar-refractivity contribution < 1.29 is 32.2 Å². The Kier molecular flexibility index (Phi) is 6.03. The van der Waals surface area contributed by atoms with Gasteiger partial charge in [0.1, 0.15) is 0 Å². The van der Waals surface area contributed by atoms with E-state index in [1.54, 1.807) is 12.1 Å². The molecule has 0 aliphatic heterocycles. The van der Waals surface area contributed by atoms with E-state index in [0.717, 1.165) is 6.08 Å². The number of rotatable bonds is 6. The summed E-state index contributed by atoms with van der Waals surface area (Å²) in [5.41, 5.74) is 0.558. The van der Waals surface area contributed by atoms with Crippen molar-refractivity contribution in [1.82, 2.24) is 10.2 Å². The van der Waals surface area contributed by atoms with Crippen LogP contribution in [0.2, 0.25) is 0 Å². The number of carbonyl (C=O) groups is 1. The van der Waals surface area contributed by atoms with Crippen molar-refractivity contribution in [3.8, 4) is 17.2 Å². The number of amides is 1. The van der Waals surface area contributed by atoms with Gasteiger partial charge in [-0.3, -0.25) is 10.1 Å². The summed E-state index contributed by atoms with van der Waals surface area (Å²) in [7, 11) is 4.36. The monoisotopic (exact) mass is 389 g/mol. The predicted octanol–water partition coefficient (Wildman–Crippen LogP) is 3.23. The Hall–Kier alpha value is -2.82. The van der Waals surface area contributed by atoms with E-state index in [1.807, 2.05) is 0 Å². The van der Waals surface area contributed by atoms with Crippen LogP contribution in [-0.2, 0) is 11.0 Å². The van der Waals surface area contributed by atoms with Gasteiger partial charge < -0.3 is 14.2 Å². The van der Waals surface area contributed by atoms with Crippen LogP contribution >= 0.6 is 11.3 Å². The van der Waals surface area contributed by atoms with E-state index >= 15 is 0 Å². The second-order valence-corrected chi connectivity index (χ2v) is 5.67. The van der Waals surface area contributed by atoms with Gasteiger partial charge in [-0.2, -0.15) is 13.2 Å². The van der Waals surface area contributed by atoms with E-state index in [-0.39, 0.29) is 16.5 Å². The summed E-state index contributed by atoms with van der Waals surface area (Å²) in [5, 5.41) is 7.09. The normalized spacial score (nSPS) is 11.5. The number of anilines is 1. The Bertz CT molecular complexity index is 796. The van der Waals surface area contributed by atoms with Gasteiger partial charge in [0.2, 0.25) is 21.8 Å². The lowest BCUT2D eigenvalue weighted by Crippen LogP contribution is -2.07. The fourth-order valence-corrected chi connectivity index (χ4v) is 2.52. The summed E-state index contributed by atoms with van der Waals surface area (Å²) in [6.45, 7) is 0. The average molecular weight is 389 g/mol.